The lowest BCUT2D eigenvalue weighted by Crippen LogP contribution is -2.51. The van der Waals surface area contributed by atoms with E-state index < -0.39 is 0 Å². The Labute approximate surface area is 92.6 Å². The third-order valence-electron chi connectivity index (χ3n) is 3.17. The van der Waals surface area contributed by atoms with Gasteiger partial charge in [-0.2, -0.15) is 0 Å². The van der Waals surface area contributed by atoms with Gasteiger partial charge in [-0.25, -0.2) is 4.79 Å². The van der Waals surface area contributed by atoms with Gasteiger partial charge in [0, 0.05) is 12.7 Å². The fraction of sp³-hybridized carbons (Fsp3) is 0.600. The van der Waals surface area contributed by atoms with Crippen LogP contribution in [0.25, 0.3) is 0 Å². The van der Waals surface area contributed by atoms with Crippen molar-refractivity contribution in [3.05, 3.63) is 22.4 Å². The second-order valence-corrected chi connectivity index (χ2v) is 4.30. The van der Waals surface area contributed by atoms with Gasteiger partial charge in [-0.15, -0.1) is 0 Å². The van der Waals surface area contributed by atoms with Crippen LogP contribution in [0.1, 0.15) is 36.2 Å². The highest BCUT2D eigenvalue weighted by Gasteiger charge is 2.34. The van der Waals surface area contributed by atoms with Gasteiger partial charge >= 0.3 is 5.69 Å². The van der Waals surface area contributed by atoms with E-state index in [1.807, 2.05) is 0 Å². The number of imidazole rings is 1. The zero-order chi connectivity index (χ0) is 11.6. The summed E-state index contributed by atoms with van der Waals surface area (Å²) in [7, 11) is 0. The van der Waals surface area contributed by atoms with Crippen LogP contribution in [0.2, 0.25) is 0 Å². The van der Waals surface area contributed by atoms with E-state index in [0.717, 1.165) is 25.7 Å². The number of amides is 1. The van der Waals surface area contributed by atoms with Gasteiger partial charge in [0.2, 0.25) is 0 Å². The molecule has 0 saturated heterocycles. The number of hydrogen-bond donors (Lipinski definition) is 4. The summed E-state index contributed by atoms with van der Waals surface area (Å²) in [5.41, 5.74) is 5.30. The molecule has 16 heavy (non-hydrogen) atoms. The van der Waals surface area contributed by atoms with Crippen LogP contribution < -0.4 is 16.7 Å². The first-order valence-corrected chi connectivity index (χ1v) is 5.45. The lowest BCUT2D eigenvalue weighted by atomic mass is 9.98. The normalized spacial score (nSPS) is 18.6. The molecule has 0 unspecified atom stereocenters. The Morgan fingerprint density at radius 3 is 2.69 bits per heavy atom. The number of nitrogens with one attached hydrogen (secondary N) is 3. The molecule has 0 atom stereocenters. The van der Waals surface area contributed by atoms with Crippen LogP contribution in [0.3, 0.4) is 0 Å². The fourth-order valence-electron chi connectivity index (χ4n) is 2.19. The van der Waals surface area contributed by atoms with Gasteiger partial charge in [0.25, 0.3) is 5.91 Å². The molecule has 0 bridgehead atoms. The highest BCUT2D eigenvalue weighted by Crippen LogP contribution is 2.28. The Morgan fingerprint density at radius 1 is 1.50 bits per heavy atom. The van der Waals surface area contributed by atoms with Crippen molar-refractivity contribution in [2.24, 2.45) is 5.73 Å². The van der Waals surface area contributed by atoms with Gasteiger partial charge in [-0.1, -0.05) is 12.8 Å². The predicted octanol–water partition coefficient (Wildman–Crippen LogP) is -0.296. The standard InChI is InChI=1S/C10H16N4O2/c11-6-10(3-1-2-4-10)14-8(15)7-5-12-9(16)13-7/h5H,1-4,6,11H2,(H,14,15)(H2,12,13,16). The molecule has 0 aliphatic heterocycles. The molecule has 1 fully saturated rings. The highest BCUT2D eigenvalue weighted by atomic mass is 16.2. The zero-order valence-electron chi connectivity index (χ0n) is 9.01. The first-order chi connectivity index (χ1) is 7.65. The molecule has 6 heteroatoms. The maximum Gasteiger partial charge on any atom is 0.323 e. The predicted molar refractivity (Wildman–Crippen MR) is 59.1 cm³/mol. The van der Waals surface area contributed by atoms with Crippen LogP contribution in [0.4, 0.5) is 0 Å². The van der Waals surface area contributed by atoms with Crippen molar-refractivity contribution >= 4 is 5.91 Å². The van der Waals surface area contributed by atoms with Crippen molar-refractivity contribution in [1.29, 1.82) is 0 Å². The molecule has 1 aliphatic rings. The summed E-state index contributed by atoms with van der Waals surface area (Å²) in [6, 6.07) is 0. The molecule has 0 aromatic carbocycles. The molecule has 1 amide bonds. The Hall–Kier alpha value is -1.56. The van der Waals surface area contributed by atoms with E-state index in [1.165, 1.54) is 6.20 Å². The van der Waals surface area contributed by atoms with Crippen molar-refractivity contribution in [3.63, 3.8) is 0 Å². The first kappa shape index (κ1) is 10.9. The van der Waals surface area contributed by atoms with Crippen LogP contribution in [0.5, 0.6) is 0 Å². The highest BCUT2D eigenvalue weighted by molar-refractivity contribution is 5.92. The number of aromatic amines is 2. The number of carbonyl (C=O) groups is 1. The van der Waals surface area contributed by atoms with Crippen molar-refractivity contribution in [1.82, 2.24) is 15.3 Å². The summed E-state index contributed by atoms with van der Waals surface area (Å²) in [5, 5.41) is 2.92. The molecular formula is C10H16N4O2. The number of rotatable bonds is 3. The Morgan fingerprint density at radius 2 is 2.19 bits per heavy atom. The van der Waals surface area contributed by atoms with E-state index in [4.69, 9.17) is 5.73 Å². The maximum absolute atomic E-state index is 11.8. The molecule has 0 spiro atoms. The van der Waals surface area contributed by atoms with Gasteiger partial charge in [0.15, 0.2) is 0 Å². The average Bonchev–Trinajstić information content (AvgIpc) is 2.88. The van der Waals surface area contributed by atoms with Gasteiger partial charge in [0.05, 0.1) is 5.54 Å². The molecule has 1 aromatic heterocycles. The number of hydrogen-bond acceptors (Lipinski definition) is 3. The fourth-order valence-corrected chi connectivity index (χ4v) is 2.19. The minimum absolute atomic E-state index is 0.254. The number of nitrogens with two attached hydrogens (primary N) is 1. The zero-order valence-corrected chi connectivity index (χ0v) is 9.01. The summed E-state index contributed by atoms with van der Waals surface area (Å²) in [5.74, 6) is -0.272. The molecule has 2 rings (SSSR count). The third kappa shape index (κ3) is 2.01. The maximum atomic E-state index is 11.8. The van der Waals surface area contributed by atoms with Crippen LogP contribution >= 0.6 is 0 Å². The number of H-pyrrole nitrogens is 2. The molecule has 1 saturated carbocycles. The SMILES string of the molecule is NCC1(NC(=O)c2c[nH]c(=O)[nH]2)CCCC1. The van der Waals surface area contributed by atoms with Gasteiger partial charge < -0.3 is 21.0 Å². The van der Waals surface area contributed by atoms with Gasteiger partial charge in [-0.3, -0.25) is 4.79 Å². The smallest absolute Gasteiger partial charge is 0.323 e. The summed E-state index contributed by atoms with van der Waals surface area (Å²) in [6.45, 7) is 0.438. The van der Waals surface area contributed by atoms with E-state index in [1.54, 1.807) is 0 Å². The second-order valence-electron chi connectivity index (χ2n) is 4.30. The van der Waals surface area contributed by atoms with Crippen LogP contribution in [0.15, 0.2) is 11.0 Å². The van der Waals surface area contributed by atoms with Crippen molar-refractivity contribution < 1.29 is 4.79 Å². The summed E-state index contributed by atoms with van der Waals surface area (Å²) in [6.07, 6.45) is 5.35. The van der Waals surface area contributed by atoms with E-state index >= 15 is 0 Å². The van der Waals surface area contributed by atoms with E-state index in [2.05, 4.69) is 15.3 Å². The minimum Gasteiger partial charge on any atom is -0.344 e. The number of carbonyl (C=O) groups excluding carboxylic acids is 1. The summed E-state index contributed by atoms with van der Waals surface area (Å²) >= 11 is 0. The Kier molecular flexibility index (Phi) is 2.82. The monoisotopic (exact) mass is 224 g/mol. The van der Waals surface area contributed by atoms with Crippen LogP contribution in [0, 0.1) is 0 Å². The molecule has 6 nitrogen and oxygen atoms in total. The largest absolute Gasteiger partial charge is 0.344 e. The topological polar surface area (TPSA) is 104 Å². The third-order valence-corrected chi connectivity index (χ3v) is 3.17. The van der Waals surface area contributed by atoms with Crippen molar-refractivity contribution in [2.75, 3.05) is 6.54 Å². The molecule has 0 radical (unpaired) electrons. The van der Waals surface area contributed by atoms with Gasteiger partial charge in [0.1, 0.15) is 5.69 Å². The molecule has 88 valence electrons. The molecule has 5 N–H and O–H groups in total. The average molecular weight is 224 g/mol. The Balaban J connectivity index is 2.09. The van der Waals surface area contributed by atoms with E-state index in [-0.39, 0.29) is 22.8 Å². The summed E-state index contributed by atoms with van der Waals surface area (Å²) < 4.78 is 0. The Bertz CT molecular complexity index is 428. The quantitative estimate of drug-likeness (QED) is 0.566. The molecule has 1 aromatic rings. The van der Waals surface area contributed by atoms with Gasteiger partial charge in [-0.05, 0) is 12.8 Å². The lowest BCUT2D eigenvalue weighted by molar-refractivity contribution is 0.0898. The minimum atomic E-state index is -0.377. The summed E-state index contributed by atoms with van der Waals surface area (Å²) in [4.78, 5) is 27.5. The van der Waals surface area contributed by atoms with Crippen LogP contribution in [-0.4, -0.2) is 28.0 Å². The molecular weight excluding hydrogens is 208 g/mol. The van der Waals surface area contributed by atoms with E-state index in [9.17, 15) is 9.59 Å². The molecule has 1 aliphatic carbocycles. The number of aromatic nitrogens is 2. The van der Waals surface area contributed by atoms with E-state index in [0.29, 0.717) is 6.54 Å². The van der Waals surface area contributed by atoms with Crippen molar-refractivity contribution in [2.45, 2.75) is 31.2 Å². The first-order valence-electron chi connectivity index (χ1n) is 5.45. The van der Waals surface area contributed by atoms with Crippen molar-refractivity contribution in [3.8, 4) is 0 Å². The second kappa shape index (κ2) is 4.13. The lowest BCUT2D eigenvalue weighted by Gasteiger charge is -2.28. The van der Waals surface area contributed by atoms with Crippen LogP contribution in [-0.2, 0) is 0 Å². The molecule has 1 heterocycles.